The number of carboxylic acid groups (broad SMARTS) is 1. The maximum atomic E-state index is 12.6. The van der Waals surface area contributed by atoms with Crippen molar-refractivity contribution in [3.8, 4) is 0 Å². The van der Waals surface area contributed by atoms with Crippen molar-refractivity contribution in [1.29, 1.82) is 0 Å². The van der Waals surface area contributed by atoms with Crippen molar-refractivity contribution < 1.29 is 19.8 Å². The Morgan fingerprint density at radius 3 is 2.43 bits per heavy atom. The lowest BCUT2D eigenvalue weighted by Crippen LogP contribution is -2.55. The minimum atomic E-state index is -0.880. The largest absolute Gasteiger partial charge is 0.481 e. The SMILES string of the molecule is CC1CC(C(=O)O)C(C(=O)NC2(CO)CCCC(C)C2)C1. The summed E-state index contributed by atoms with van der Waals surface area (Å²) in [5.74, 6) is -1.37. The molecule has 0 aromatic carbocycles. The van der Waals surface area contributed by atoms with Crippen LogP contribution in [0.3, 0.4) is 0 Å². The van der Waals surface area contributed by atoms with Gasteiger partial charge in [0.25, 0.3) is 0 Å². The first-order chi connectivity index (χ1) is 9.87. The van der Waals surface area contributed by atoms with Crippen LogP contribution in [0.5, 0.6) is 0 Å². The average Bonchev–Trinajstić information content (AvgIpc) is 2.81. The van der Waals surface area contributed by atoms with Crippen LogP contribution in [-0.4, -0.2) is 34.2 Å². The second-order valence-corrected chi connectivity index (χ2v) is 7.26. The summed E-state index contributed by atoms with van der Waals surface area (Å²) in [4.78, 5) is 23.9. The molecule has 5 heteroatoms. The number of amides is 1. The Balaban J connectivity index is 2.07. The lowest BCUT2D eigenvalue weighted by molar-refractivity contribution is -0.146. The molecule has 0 spiro atoms. The van der Waals surface area contributed by atoms with E-state index < -0.39 is 23.3 Å². The fourth-order valence-corrected chi connectivity index (χ4v) is 4.17. The number of rotatable bonds is 4. The number of nitrogens with one attached hydrogen (secondary N) is 1. The van der Waals surface area contributed by atoms with Crippen LogP contribution in [0, 0.1) is 23.7 Å². The molecule has 0 aromatic rings. The van der Waals surface area contributed by atoms with Crippen molar-refractivity contribution in [2.24, 2.45) is 23.7 Å². The molecule has 2 rings (SSSR count). The van der Waals surface area contributed by atoms with Gasteiger partial charge in [-0.25, -0.2) is 0 Å². The zero-order valence-electron chi connectivity index (χ0n) is 13.0. The first-order valence-electron chi connectivity index (χ1n) is 8.02. The van der Waals surface area contributed by atoms with E-state index in [-0.39, 0.29) is 18.4 Å². The van der Waals surface area contributed by atoms with Gasteiger partial charge < -0.3 is 15.5 Å². The molecule has 21 heavy (non-hydrogen) atoms. The second-order valence-electron chi connectivity index (χ2n) is 7.26. The standard InChI is InChI=1S/C16H27NO4/c1-10-4-3-5-16(8-10,9-18)17-14(19)12-6-11(2)7-13(12)15(20)21/h10-13,18H,3-9H2,1-2H3,(H,17,19)(H,20,21). The number of carbonyl (C=O) groups is 2. The molecule has 0 radical (unpaired) electrons. The number of carboxylic acids is 1. The topological polar surface area (TPSA) is 86.6 Å². The maximum Gasteiger partial charge on any atom is 0.307 e. The molecule has 1 amide bonds. The van der Waals surface area contributed by atoms with Crippen molar-refractivity contribution in [1.82, 2.24) is 5.32 Å². The molecule has 0 aliphatic heterocycles. The number of hydrogen-bond acceptors (Lipinski definition) is 3. The predicted octanol–water partition coefficient (Wildman–Crippen LogP) is 1.79. The quantitative estimate of drug-likeness (QED) is 0.738. The van der Waals surface area contributed by atoms with Gasteiger partial charge in [-0.15, -0.1) is 0 Å². The fraction of sp³-hybridized carbons (Fsp3) is 0.875. The van der Waals surface area contributed by atoms with Crippen molar-refractivity contribution in [2.45, 2.75) is 57.9 Å². The van der Waals surface area contributed by atoms with Crippen molar-refractivity contribution in [2.75, 3.05) is 6.61 Å². The average molecular weight is 297 g/mol. The molecular formula is C16H27NO4. The van der Waals surface area contributed by atoms with Crippen LogP contribution in [-0.2, 0) is 9.59 Å². The molecule has 5 atom stereocenters. The highest BCUT2D eigenvalue weighted by Crippen LogP contribution is 2.38. The van der Waals surface area contributed by atoms with E-state index in [1.807, 2.05) is 6.92 Å². The van der Waals surface area contributed by atoms with Gasteiger partial charge in [0.1, 0.15) is 0 Å². The van der Waals surface area contributed by atoms with Gasteiger partial charge in [0.05, 0.1) is 24.0 Å². The predicted molar refractivity (Wildman–Crippen MR) is 78.6 cm³/mol. The first-order valence-corrected chi connectivity index (χ1v) is 8.02. The molecule has 2 aliphatic rings. The number of carbonyl (C=O) groups excluding carboxylic acids is 1. The lowest BCUT2D eigenvalue weighted by Gasteiger charge is -2.40. The molecule has 5 nitrogen and oxygen atoms in total. The van der Waals surface area contributed by atoms with Gasteiger partial charge in [0.15, 0.2) is 0 Å². The van der Waals surface area contributed by atoms with Gasteiger partial charge in [-0.1, -0.05) is 26.7 Å². The Labute approximate surface area is 126 Å². The molecule has 0 saturated heterocycles. The van der Waals surface area contributed by atoms with Crippen LogP contribution < -0.4 is 5.32 Å². The van der Waals surface area contributed by atoms with Crippen LogP contribution in [0.2, 0.25) is 0 Å². The van der Waals surface area contributed by atoms with Crippen LogP contribution >= 0.6 is 0 Å². The van der Waals surface area contributed by atoms with E-state index in [1.54, 1.807) is 0 Å². The third kappa shape index (κ3) is 3.57. The van der Waals surface area contributed by atoms with Crippen LogP contribution in [0.1, 0.15) is 52.4 Å². The molecular weight excluding hydrogens is 270 g/mol. The monoisotopic (exact) mass is 297 g/mol. The summed E-state index contributed by atoms with van der Waals surface area (Å²) >= 11 is 0. The summed E-state index contributed by atoms with van der Waals surface area (Å²) in [5.41, 5.74) is -0.552. The first kappa shape index (κ1) is 16.3. The Morgan fingerprint density at radius 2 is 1.86 bits per heavy atom. The Bertz CT molecular complexity index is 411. The summed E-state index contributed by atoms with van der Waals surface area (Å²) in [6.07, 6.45) is 4.85. The normalized spacial score (nSPS) is 40.0. The Morgan fingerprint density at radius 1 is 1.19 bits per heavy atom. The second kappa shape index (κ2) is 6.34. The summed E-state index contributed by atoms with van der Waals surface area (Å²) in [7, 11) is 0. The summed E-state index contributed by atoms with van der Waals surface area (Å²) in [6, 6.07) is 0. The smallest absolute Gasteiger partial charge is 0.307 e. The molecule has 0 aromatic heterocycles. The van der Waals surface area contributed by atoms with Gasteiger partial charge in [-0.2, -0.15) is 0 Å². The van der Waals surface area contributed by atoms with E-state index in [2.05, 4.69) is 12.2 Å². The zero-order valence-corrected chi connectivity index (χ0v) is 13.0. The number of aliphatic carboxylic acids is 1. The van der Waals surface area contributed by atoms with Gasteiger partial charge in [-0.05, 0) is 37.5 Å². The Kier molecular flexibility index (Phi) is 4.91. The summed E-state index contributed by atoms with van der Waals surface area (Å²) in [5, 5.41) is 22.0. The van der Waals surface area contributed by atoms with Gasteiger partial charge >= 0.3 is 5.97 Å². The number of hydrogen-bond donors (Lipinski definition) is 3. The highest BCUT2D eigenvalue weighted by molar-refractivity contribution is 5.85. The van der Waals surface area contributed by atoms with E-state index in [0.717, 1.165) is 25.7 Å². The van der Waals surface area contributed by atoms with Crippen LogP contribution in [0.15, 0.2) is 0 Å². The highest BCUT2D eigenvalue weighted by Gasteiger charge is 2.44. The van der Waals surface area contributed by atoms with Gasteiger partial charge in [-0.3, -0.25) is 9.59 Å². The Hall–Kier alpha value is -1.10. The van der Waals surface area contributed by atoms with Gasteiger partial charge in [0.2, 0.25) is 5.91 Å². The van der Waals surface area contributed by atoms with E-state index in [4.69, 9.17) is 0 Å². The molecule has 5 unspecified atom stereocenters. The number of aliphatic hydroxyl groups is 1. The van der Waals surface area contributed by atoms with Crippen molar-refractivity contribution >= 4 is 11.9 Å². The molecule has 120 valence electrons. The molecule has 2 fully saturated rings. The van der Waals surface area contributed by atoms with Gasteiger partial charge in [0, 0.05) is 0 Å². The van der Waals surface area contributed by atoms with E-state index in [1.165, 1.54) is 0 Å². The van der Waals surface area contributed by atoms with Crippen molar-refractivity contribution in [3.63, 3.8) is 0 Å². The molecule has 2 saturated carbocycles. The molecule has 0 bridgehead atoms. The minimum absolute atomic E-state index is 0.0664. The lowest BCUT2D eigenvalue weighted by atomic mass is 9.76. The summed E-state index contributed by atoms with van der Waals surface area (Å²) in [6.45, 7) is 4.06. The highest BCUT2D eigenvalue weighted by atomic mass is 16.4. The van der Waals surface area contributed by atoms with Crippen LogP contribution in [0.4, 0.5) is 0 Å². The molecule has 3 N–H and O–H groups in total. The molecule has 0 heterocycles. The minimum Gasteiger partial charge on any atom is -0.481 e. The fourth-order valence-electron chi connectivity index (χ4n) is 4.17. The van der Waals surface area contributed by atoms with E-state index >= 15 is 0 Å². The maximum absolute atomic E-state index is 12.6. The molecule has 2 aliphatic carbocycles. The van der Waals surface area contributed by atoms with Crippen LogP contribution in [0.25, 0.3) is 0 Å². The van der Waals surface area contributed by atoms with E-state index in [0.29, 0.717) is 18.8 Å². The third-order valence-corrected chi connectivity index (χ3v) is 5.23. The third-order valence-electron chi connectivity index (χ3n) is 5.23. The summed E-state index contributed by atoms with van der Waals surface area (Å²) < 4.78 is 0. The zero-order chi connectivity index (χ0) is 15.6. The van der Waals surface area contributed by atoms with E-state index in [9.17, 15) is 19.8 Å². The van der Waals surface area contributed by atoms with Crippen molar-refractivity contribution in [3.05, 3.63) is 0 Å². The number of aliphatic hydroxyl groups excluding tert-OH is 1.